The van der Waals surface area contributed by atoms with Crippen molar-refractivity contribution >= 4 is 27.5 Å². The van der Waals surface area contributed by atoms with Crippen LogP contribution in [-0.4, -0.2) is 29.7 Å². The molecule has 8 heteroatoms. The Labute approximate surface area is 189 Å². The molecule has 0 saturated carbocycles. The van der Waals surface area contributed by atoms with E-state index in [9.17, 15) is 9.59 Å². The van der Waals surface area contributed by atoms with Crippen molar-refractivity contribution in [3.05, 3.63) is 76.8 Å². The number of benzene rings is 2. The Morgan fingerprint density at radius 3 is 2.59 bits per heavy atom. The molecule has 0 bridgehead atoms. The summed E-state index contributed by atoms with van der Waals surface area (Å²) < 4.78 is 12.4. The highest BCUT2D eigenvalue weighted by molar-refractivity contribution is 7.22. The molecule has 1 N–H and O–H groups in total. The fourth-order valence-electron chi connectivity index (χ4n) is 3.50. The molecule has 2 heterocycles. The first-order chi connectivity index (χ1) is 15.5. The number of ether oxygens (including phenoxy) is 2. The predicted molar refractivity (Wildman–Crippen MR) is 125 cm³/mol. The second-order valence-corrected chi connectivity index (χ2v) is 8.31. The smallest absolute Gasteiger partial charge is 0.271 e. The SMILES string of the molecule is COc1ccc(-c2cc3ncn(CC(=O)NC(C)c4ccccc4OC)c(=O)c3s2)cc1. The molecule has 0 radical (unpaired) electrons. The van der Waals surface area contributed by atoms with Gasteiger partial charge >= 0.3 is 0 Å². The minimum atomic E-state index is -0.279. The number of fused-ring (bicyclic) bond motifs is 1. The lowest BCUT2D eigenvalue weighted by atomic mass is 10.1. The predicted octanol–water partition coefficient (Wildman–Crippen LogP) is 4.02. The zero-order chi connectivity index (χ0) is 22.7. The molecule has 1 amide bonds. The molecule has 0 aliphatic heterocycles. The molecule has 0 aliphatic carbocycles. The van der Waals surface area contributed by atoms with Crippen LogP contribution in [0.25, 0.3) is 20.7 Å². The maximum Gasteiger partial charge on any atom is 0.271 e. The minimum Gasteiger partial charge on any atom is -0.497 e. The molecular formula is C24H23N3O4S. The van der Waals surface area contributed by atoms with Crippen LogP contribution < -0.4 is 20.3 Å². The topological polar surface area (TPSA) is 82.5 Å². The van der Waals surface area contributed by atoms with Crippen LogP contribution in [-0.2, 0) is 11.3 Å². The second-order valence-electron chi connectivity index (χ2n) is 7.26. The number of hydrogen-bond donors (Lipinski definition) is 1. The van der Waals surface area contributed by atoms with Crippen LogP contribution in [0, 0.1) is 0 Å². The van der Waals surface area contributed by atoms with E-state index in [2.05, 4.69) is 10.3 Å². The highest BCUT2D eigenvalue weighted by Crippen LogP contribution is 2.31. The summed E-state index contributed by atoms with van der Waals surface area (Å²) in [6.45, 7) is 1.76. The van der Waals surface area contributed by atoms with E-state index in [4.69, 9.17) is 9.47 Å². The number of carbonyl (C=O) groups excluding carboxylic acids is 1. The largest absolute Gasteiger partial charge is 0.497 e. The van der Waals surface area contributed by atoms with E-state index in [0.29, 0.717) is 16.0 Å². The second kappa shape index (κ2) is 9.23. The third-order valence-corrected chi connectivity index (χ3v) is 6.34. The van der Waals surface area contributed by atoms with Gasteiger partial charge in [-0.05, 0) is 48.9 Å². The summed E-state index contributed by atoms with van der Waals surface area (Å²) in [4.78, 5) is 30.9. The Balaban J connectivity index is 1.53. The Bertz CT molecular complexity index is 1310. The number of para-hydroxylation sites is 1. The number of rotatable bonds is 7. The van der Waals surface area contributed by atoms with E-state index >= 15 is 0 Å². The molecule has 7 nitrogen and oxygen atoms in total. The molecule has 2 aromatic carbocycles. The van der Waals surface area contributed by atoms with E-state index in [1.807, 2.05) is 61.5 Å². The van der Waals surface area contributed by atoms with Crippen molar-refractivity contribution in [2.45, 2.75) is 19.5 Å². The molecule has 2 aromatic heterocycles. The summed E-state index contributed by atoms with van der Waals surface area (Å²) in [5.41, 5.74) is 2.22. The Kier molecular flexibility index (Phi) is 6.23. The fraction of sp³-hybridized carbons (Fsp3) is 0.208. The number of aromatic nitrogens is 2. The van der Waals surface area contributed by atoms with E-state index in [1.54, 1.807) is 14.2 Å². The van der Waals surface area contributed by atoms with Gasteiger partial charge in [0.05, 0.1) is 32.1 Å². The number of nitrogens with zero attached hydrogens (tertiary/aromatic N) is 2. The molecule has 1 unspecified atom stereocenters. The van der Waals surface area contributed by atoms with Gasteiger partial charge in [-0.25, -0.2) is 4.98 Å². The van der Waals surface area contributed by atoms with Crippen LogP contribution in [0.5, 0.6) is 11.5 Å². The van der Waals surface area contributed by atoms with E-state index in [0.717, 1.165) is 21.8 Å². The van der Waals surface area contributed by atoms with E-state index < -0.39 is 0 Å². The van der Waals surface area contributed by atoms with Crippen LogP contribution in [0.15, 0.2) is 65.7 Å². The van der Waals surface area contributed by atoms with Crippen LogP contribution in [0.3, 0.4) is 0 Å². The Morgan fingerprint density at radius 2 is 1.88 bits per heavy atom. The molecule has 1 atom stereocenters. The average molecular weight is 450 g/mol. The molecule has 0 fully saturated rings. The van der Waals surface area contributed by atoms with Gasteiger partial charge in [0.25, 0.3) is 5.56 Å². The minimum absolute atomic E-state index is 0.114. The molecule has 4 rings (SSSR count). The van der Waals surface area contributed by atoms with Gasteiger partial charge in [0.15, 0.2) is 0 Å². The van der Waals surface area contributed by atoms with E-state index in [-0.39, 0.29) is 24.1 Å². The maximum absolute atomic E-state index is 13.0. The number of thiophene rings is 1. The van der Waals surface area contributed by atoms with Gasteiger partial charge in [-0.1, -0.05) is 18.2 Å². The highest BCUT2D eigenvalue weighted by atomic mass is 32.1. The first-order valence-corrected chi connectivity index (χ1v) is 10.9. The van der Waals surface area contributed by atoms with Gasteiger partial charge in [-0.15, -0.1) is 11.3 Å². The van der Waals surface area contributed by atoms with Crippen molar-refractivity contribution in [2.24, 2.45) is 0 Å². The quantitative estimate of drug-likeness (QED) is 0.461. The Hall–Kier alpha value is -3.65. The van der Waals surface area contributed by atoms with Crippen molar-refractivity contribution < 1.29 is 14.3 Å². The molecular weight excluding hydrogens is 426 g/mol. The summed E-state index contributed by atoms with van der Waals surface area (Å²) >= 11 is 1.36. The number of hydrogen-bond acceptors (Lipinski definition) is 6. The molecule has 32 heavy (non-hydrogen) atoms. The van der Waals surface area contributed by atoms with Crippen molar-refractivity contribution in [1.29, 1.82) is 0 Å². The van der Waals surface area contributed by atoms with Crippen LogP contribution in [0.2, 0.25) is 0 Å². The van der Waals surface area contributed by atoms with Crippen LogP contribution >= 0.6 is 11.3 Å². The number of methoxy groups -OCH3 is 2. The van der Waals surface area contributed by atoms with Crippen molar-refractivity contribution in [1.82, 2.24) is 14.9 Å². The van der Waals surface area contributed by atoms with Crippen LogP contribution in [0.1, 0.15) is 18.5 Å². The van der Waals surface area contributed by atoms with Gasteiger partial charge in [0.1, 0.15) is 22.7 Å². The lowest BCUT2D eigenvalue weighted by molar-refractivity contribution is -0.122. The Morgan fingerprint density at radius 1 is 1.12 bits per heavy atom. The fourth-order valence-corrected chi connectivity index (χ4v) is 4.56. The zero-order valence-corrected chi connectivity index (χ0v) is 18.8. The zero-order valence-electron chi connectivity index (χ0n) is 18.0. The summed E-state index contributed by atoms with van der Waals surface area (Å²) in [5.74, 6) is 1.19. The molecule has 0 spiro atoms. The molecule has 4 aromatic rings. The van der Waals surface area contributed by atoms with Gasteiger partial charge < -0.3 is 14.8 Å². The van der Waals surface area contributed by atoms with E-state index in [1.165, 1.54) is 22.2 Å². The van der Waals surface area contributed by atoms with Gasteiger partial charge in [-0.3, -0.25) is 14.2 Å². The highest BCUT2D eigenvalue weighted by Gasteiger charge is 2.16. The van der Waals surface area contributed by atoms with Crippen molar-refractivity contribution in [2.75, 3.05) is 14.2 Å². The molecule has 164 valence electrons. The van der Waals surface area contributed by atoms with Crippen LogP contribution in [0.4, 0.5) is 0 Å². The third kappa shape index (κ3) is 4.36. The number of nitrogens with one attached hydrogen (secondary N) is 1. The summed E-state index contributed by atoms with van der Waals surface area (Å²) in [5, 5.41) is 2.92. The summed E-state index contributed by atoms with van der Waals surface area (Å²) in [6, 6.07) is 16.7. The lowest BCUT2D eigenvalue weighted by Crippen LogP contribution is -2.33. The van der Waals surface area contributed by atoms with Gasteiger partial charge in [-0.2, -0.15) is 0 Å². The average Bonchev–Trinajstić information content (AvgIpc) is 3.26. The van der Waals surface area contributed by atoms with Gasteiger partial charge in [0.2, 0.25) is 5.91 Å². The molecule has 0 aliphatic rings. The van der Waals surface area contributed by atoms with Crippen molar-refractivity contribution in [3.63, 3.8) is 0 Å². The molecule has 0 saturated heterocycles. The normalized spacial score (nSPS) is 11.8. The first kappa shape index (κ1) is 21.6. The standard InChI is InChI=1S/C24H23N3O4S/c1-15(18-6-4-5-7-20(18)31-3)26-22(28)13-27-14-25-19-12-21(32-23(19)24(27)29)16-8-10-17(30-2)11-9-16/h4-12,14-15H,13H2,1-3H3,(H,26,28). The summed E-state index contributed by atoms with van der Waals surface area (Å²) in [7, 11) is 3.21. The summed E-state index contributed by atoms with van der Waals surface area (Å²) in [6.07, 6.45) is 1.42. The first-order valence-electron chi connectivity index (χ1n) is 10.1. The number of amides is 1. The van der Waals surface area contributed by atoms with Crippen molar-refractivity contribution in [3.8, 4) is 21.9 Å². The van der Waals surface area contributed by atoms with Gasteiger partial charge in [0, 0.05) is 10.4 Å². The third-order valence-electron chi connectivity index (χ3n) is 5.18. The monoisotopic (exact) mass is 449 g/mol. The maximum atomic E-state index is 13.0. The lowest BCUT2D eigenvalue weighted by Gasteiger charge is -2.17. The number of carbonyl (C=O) groups is 1.